The SMILES string of the molecule is CCC(CCBr)CNC(=O)C1C2CCCCC21. The van der Waals surface area contributed by atoms with Gasteiger partial charge in [-0.3, -0.25) is 4.79 Å². The summed E-state index contributed by atoms with van der Waals surface area (Å²) in [5.74, 6) is 2.83. The van der Waals surface area contributed by atoms with Gasteiger partial charge < -0.3 is 5.32 Å². The van der Waals surface area contributed by atoms with E-state index in [0.29, 0.717) is 17.7 Å². The number of hydrogen-bond acceptors (Lipinski definition) is 1. The van der Waals surface area contributed by atoms with E-state index in [-0.39, 0.29) is 0 Å². The average Bonchev–Trinajstić information content (AvgIpc) is 3.08. The van der Waals surface area contributed by atoms with Crippen LogP contribution in [-0.2, 0) is 4.79 Å². The fourth-order valence-electron chi connectivity index (χ4n) is 3.35. The number of rotatable bonds is 6. The minimum atomic E-state index is 0.343. The number of nitrogens with one attached hydrogen (secondary N) is 1. The van der Waals surface area contributed by atoms with Crippen molar-refractivity contribution in [1.29, 1.82) is 0 Å². The first-order valence-electron chi connectivity index (χ1n) is 7.11. The Morgan fingerprint density at radius 1 is 1.35 bits per heavy atom. The Morgan fingerprint density at radius 3 is 2.53 bits per heavy atom. The second-order valence-corrected chi connectivity index (χ2v) is 6.43. The molecule has 0 aliphatic heterocycles. The lowest BCUT2D eigenvalue weighted by Gasteiger charge is -2.14. The molecule has 2 nitrogen and oxygen atoms in total. The van der Waals surface area contributed by atoms with Crippen LogP contribution >= 0.6 is 15.9 Å². The lowest BCUT2D eigenvalue weighted by molar-refractivity contribution is -0.123. The highest BCUT2D eigenvalue weighted by atomic mass is 79.9. The molecule has 2 fully saturated rings. The molecule has 0 heterocycles. The molecule has 2 aliphatic rings. The van der Waals surface area contributed by atoms with Crippen molar-refractivity contribution in [2.75, 3.05) is 11.9 Å². The summed E-state index contributed by atoms with van der Waals surface area (Å²) < 4.78 is 0. The highest BCUT2D eigenvalue weighted by molar-refractivity contribution is 9.09. The first-order valence-corrected chi connectivity index (χ1v) is 8.23. The first kappa shape index (κ1) is 13.4. The number of fused-ring (bicyclic) bond motifs is 1. The summed E-state index contributed by atoms with van der Waals surface area (Å²) in [6, 6.07) is 0. The van der Waals surface area contributed by atoms with E-state index >= 15 is 0 Å². The van der Waals surface area contributed by atoms with E-state index in [2.05, 4.69) is 28.2 Å². The van der Waals surface area contributed by atoms with E-state index in [1.54, 1.807) is 0 Å². The molecule has 0 aromatic heterocycles. The molecule has 98 valence electrons. The average molecular weight is 302 g/mol. The fraction of sp³-hybridized carbons (Fsp3) is 0.929. The molecule has 3 heteroatoms. The highest BCUT2D eigenvalue weighted by Gasteiger charge is 2.54. The minimum absolute atomic E-state index is 0.343. The van der Waals surface area contributed by atoms with Gasteiger partial charge >= 0.3 is 0 Å². The van der Waals surface area contributed by atoms with Crippen LogP contribution in [0.1, 0.15) is 45.4 Å². The second-order valence-electron chi connectivity index (χ2n) is 5.64. The molecule has 3 unspecified atom stereocenters. The van der Waals surface area contributed by atoms with Gasteiger partial charge in [-0.1, -0.05) is 42.1 Å². The van der Waals surface area contributed by atoms with Gasteiger partial charge in [0.15, 0.2) is 0 Å². The zero-order chi connectivity index (χ0) is 12.3. The summed E-state index contributed by atoms with van der Waals surface area (Å²) >= 11 is 3.48. The highest BCUT2D eigenvalue weighted by Crippen LogP contribution is 2.55. The molecule has 2 saturated carbocycles. The van der Waals surface area contributed by atoms with Crippen molar-refractivity contribution in [3.63, 3.8) is 0 Å². The number of carbonyl (C=O) groups excluding carboxylic acids is 1. The van der Waals surface area contributed by atoms with Crippen molar-refractivity contribution in [2.24, 2.45) is 23.7 Å². The quantitative estimate of drug-likeness (QED) is 0.749. The second kappa shape index (κ2) is 6.21. The Hall–Kier alpha value is -0.0500. The van der Waals surface area contributed by atoms with Crippen LogP contribution in [0.15, 0.2) is 0 Å². The minimum Gasteiger partial charge on any atom is -0.356 e. The van der Waals surface area contributed by atoms with Crippen LogP contribution in [0.5, 0.6) is 0 Å². The number of carbonyl (C=O) groups is 1. The third kappa shape index (κ3) is 3.24. The molecule has 0 bridgehead atoms. The van der Waals surface area contributed by atoms with Gasteiger partial charge in [0.2, 0.25) is 5.91 Å². The molecule has 1 N–H and O–H groups in total. The standard InChI is InChI=1S/C14H24BrNO/c1-2-10(7-8-15)9-16-14(17)13-11-5-3-4-6-12(11)13/h10-13H,2-9H2,1H3,(H,16,17). The first-order chi connectivity index (χ1) is 8.27. The van der Waals surface area contributed by atoms with E-state index in [0.717, 1.165) is 36.6 Å². The largest absolute Gasteiger partial charge is 0.356 e. The maximum absolute atomic E-state index is 12.1. The van der Waals surface area contributed by atoms with Crippen molar-refractivity contribution in [1.82, 2.24) is 5.32 Å². The molecule has 0 radical (unpaired) electrons. The van der Waals surface area contributed by atoms with Gasteiger partial charge in [0.1, 0.15) is 0 Å². The van der Waals surface area contributed by atoms with Crippen molar-refractivity contribution in [2.45, 2.75) is 45.4 Å². The molecule has 2 aliphatic carbocycles. The lowest BCUT2D eigenvalue weighted by atomic mass is 10.0. The molecule has 3 atom stereocenters. The van der Waals surface area contributed by atoms with Gasteiger partial charge in [-0.15, -0.1) is 0 Å². The van der Waals surface area contributed by atoms with Gasteiger partial charge in [0.25, 0.3) is 0 Å². The zero-order valence-corrected chi connectivity index (χ0v) is 12.3. The van der Waals surface area contributed by atoms with Crippen LogP contribution in [0, 0.1) is 23.7 Å². The van der Waals surface area contributed by atoms with E-state index in [4.69, 9.17) is 0 Å². The summed E-state index contributed by atoms with van der Waals surface area (Å²) in [4.78, 5) is 12.1. The number of halogens is 1. The number of amides is 1. The van der Waals surface area contributed by atoms with Crippen molar-refractivity contribution < 1.29 is 4.79 Å². The van der Waals surface area contributed by atoms with Crippen molar-refractivity contribution in [3.05, 3.63) is 0 Å². The third-order valence-corrected chi connectivity index (χ3v) is 5.08. The fourth-order valence-corrected chi connectivity index (χ4v) is 4.00. The molecule has 0 saturated heterocycles. The van der Waals surface area contributed by atoms with Gasteiger partial charge in [-0.2, -0.15) is 0 Å². The van der Waals surface area contributed by atoms with Crippen LogP contribution in [0.2, 0.25) is 0 Å². The number of alkyl halides is 1. The maximum atomic E-state index is 12.1. The van der Waals surface area contributed by atoms with E-state index in [1.807, 2.05) is 0 Å². The van der Waals surface area contributed by atoms with Crippen LogP contribution in [-0.4, -0.2) is 17.8 Å². The predicted molar refractivity (Wildman–Crippen MR) is 74.1 cm³/mol. The number of hydrogen-bond donors (Lipinski definition) is 1. The molecule has 0 spiro atoms. The Morgan fingerprint density at radius 2 is 2.00 bits per heavy atom. The summed E-state index contributed by atoms with van der Waals surface area (Å²) in [7, 11) is 0. The van der Waals surface area contributed by atoms with E-state index in [1.165, 1.54) is 25.7 Å². The van der Waals surface area contributed by atoms with Crippen molar-refractivity contribution >= 4 is 21.8 Å². The zero-order valence-electron chi connectivity index (χ0n) is 10.8. The normalized spacial score (nSPS) is 32.7. The van der Waals surface area contributed by atoms with Crippen LogP contribution in [0.3, 0.4) is 0 Å². The Balaban J connectivity index is 1.71. The predicted octanol–water partition coefficient (Wildman–Crippen LogP) is 3.35. The molecule has 0 aromatic carbocycles. The summed E-state index contributed by atoms with van der Waals surface area (Å²) in [5, 5.41) is 4.21. The summed E-state index contributed by atoms with van der Waals surface area (Å²) in [6.45, 7) is 3.08. The Kier molecular flexibility index (Phi) is 4.89. The monoisotopic (exact) mass is 301 g/mol. The molecular weight excluding hydrogens is 278 g/mol. The molecular formula is C14H24BrNO. The van der Waals surface area contributed by atoms with Crippen LogP contribution < -0.4 is 5.32 Å². The van der Waals surface area contributed by atoms with E-state index in [9.17, 15) is 4.79 Å². The van der Waals surface area contributed by atoms with E-state index < -0.39 is 0 Å². The molecule has 17 heavy (non-hydrogen) atoms. The maximum Gasteiger partial charge on any atom is 0.223 e. The molecule has 0 aromatic rings. The topological polar surface area (TPSA) is 29.1 Å². The Labute approximate surface area is 113 Å². The van der Waals surface area contributed by atoms with Gasteiger partial charge in [-0.05, 0) is 37.0 Å². The van der Waals surface area contributed by atoms with Gasteiger partial charge in [-0.25, -0.2) is 0 Å². The van der Waals surface area contributed by atoms with Crippen LogP contribution in [0.25, 0.3) is 0 Å². The Bertz CT molecular complexity index is 257. The summed E-state index contributed by atoms with van der Waals surface area (Å²) in [5.41, 5.74) is 0. The van der Waals surface area contributed by atoms with Gasteiger partial charge in [0.05, 0.1) is 0 Å². The molecule has 1 amide bonds. The molecule has 2 rings (SSSR count). The van der Waals surface area contributed by atoms with Crippen LogP contribution in [0.4, 0.5) is 0 Å². The third-order valence-electron chi connectivity index (χ3n) is 4.62. The smallest absolute Gasteiger partial charge is 0.223 e. The van der Waals surface area contributed by atoms with Gasteiger partial charge in [0, 0.05) is 17.8 Å². The summed E-state index contributed by atoms with van der Waals surface area (Å²) in [6.07, 6.45) is 7.58. The van der Waals surface area contributed by atoms with Crippen molar-refractivity contribution in [3.8, 4) is 0 Å². The lowest BCUT2D eigenvalue weighted by Crippen LogP contribution is -2.31.